The van der Waals surface area contributed by atoms with Gasteiger partial charge >= 0.3 is 0 Å². The summed E-state index contributed by atoms with van der Waals surface area (Å²) in [5, 5.41) is 35.2. The molecule has 1 aliphatic heterocycles. The van der Waals surface area contributed by atoms with Gasteiger partial charge in [-0.3, -0.25) is 9.48 Å². The molecule has 2 aromatic heterocycles. The third kappa shape index (κ3) is 5.18. The van der Waals surface area contributed by atoms with Gasteiger partial charge in [-0.2, -0.15) is 15.3 Å². The fourth-order valence-corrected chi connectivity index (χ4v) is 3.74. The number of aliphatic hydroxyl groups is 2. The molecule has 1 aliphatic rings. The highest BCUT2D eigenvalue weighted by molar-refractivity contribution is 5.77. The van der Waals surface area contributed by atoms with E-state index in [9.17, 15) is 19.6 Å². The van der Waals surface area contributed by atoms with E-state index in [2.05, 4.69) is 25.4 Å². The number of carbonyl (C=O) groups is 1. The van der Waals surface area contributed by atoms with Gasteiger partial charge in [0.25, 0.3) is 0 Å². The Labute approximate surface area is 199 Å². The normalized spacial score (nSPS) is 17.6. The zero-order valence-electron chi connectivity index (χ0n) is 18.8. The van der Waals surface area contributed by atoms with Gasteiger partial charge in [0.15, 0.2) is 12.0 Å². The summed E-state index contributed by atoms with van der Waals surface area (Å²) in [7, 11) is 1.70. The molecular formula is C22H23FN8O4. The van der Waals surface area contributed by atoms with Crippen molar-refractivity contribution in [3.8, 4) is 23.2 Å². The molecule has 4 rings (SSSR count). The summed E-state index contributed by atoms with van der Waals surface area (Å²) in [6.07, 6.45) is 0.789. The first-order valence-corrected chi connectivity index (χ1v) is 10.7. The lowest BCUT2D eigenvalue weighted by Crippen LogP contribution is -2.50. The number of nitriles is 1. The molecule has 13 heteroatoms. The van der Waals surface area contributed by atoms with Gasteiger partial charge in [-0.25, -0.2) is 14.4 Å². The Bertz CT molecular complexity index is 1260. The molecule has 0 aliphatic carbocycles. The minimum Gasteiger partial charge on any atom is -0.486 e. The van der Waals surface area contributed by atoms with E-state index < -0.39 is 24.8 Å². The number of alkyl halides is 1. The van der Waals surface area contributed by atoms with Gasteiger partial charge in [0.05, 0.1) is 36.3 Å². The lowest BCUT2D eigenvalue weighted by molar-refractivity contribution is -0.138. The first kappa shape index (κ1) is 24.0. The number of aryl methyl sites for hydroxylation is 1. The molecule has 0 bridgehead atoms. The van der Waals surface area contributed by atoms with Crippen molar-refractivity contribution >= 4 is 17.5 Å². The average Bonchev–Trinajstić information content (AvgIpc) is 3.23. The average molecular weight is 482 g/mol. The van der Waals surface area contributed by atoms with Crippen LogP contribution in [0.5, 0.6) is 5.75 Å². The maximum atomic E-state index is 14.6. The summed E-state index contributed by atoms with van der Waals surface area (Å²) >= 11 is 0. The molecule has 1 saturated heterocycles. The van der Waals surface area contributed by atoms with Gasteiger partial charge in [0, 0.05) is 25.6 Å². The number of nitrogens with one attached hydrogen (secondary N) is 1. The highest BCUT2D eigenvalue weighted by atomic mass is 19.1. The summed E-state index contributed by atoms with van der Waals surface area (Å²) in [6, 6.07) is 6.78. The lowest BCUT2D eigenvalue weighted by Gasteiger charge is -2.34. The molecule has 0 saturated carbocycles. The molecular weight excluding hydrogens is 459 g/mol. The first-order valence-electron chi connectivity index (χ1n) is 10.7. The topological polar surface area (TPSA) is 162 Å². The molecule has 2 unspecified atom stereocenters. The SMILES string of the molecule is Cn1ncc(Nc2ncnc(-c3ccc(OC4CCN(C(=O)CO)CC4F)c(C#N)c3)n2)c1CO. The van der Waals surface area contributed by atoms with Crippen molar-refractivity contribution in [3.63, 3.8) is 0 Å². The van der Waals surface area contributed by atoms with Crippen molar-refractivity contribution in [2.45, 2.75) is 25.3 Å². The smallest absolute Gasteiger partial charge is 0.248 e. The number of carbonyl (C=O) groups excluding carboxylic acids is 1. The predicted octanol–water partition coefficient (Wildman–Crippen LogP) is 0.690. The Balaban J connectivity index is 1.50. The number of nitrogens with zero attached hydrogens (tertiary/aromatic N) is 7. The van der Waals surface area contributed by atoms with Crippen LogP contribution >= 0.6 is 0 Å². The molecule has 3 aromatic rings. The van der Waals surface area contributed by atoms with Crippen LogP contribution in [0.3, 0.4) is 0 Å². The Hall–Kier alpha value is -4.15. The van der Waals surface area contributed by atoms with Crippen LogP contribution < -0.4 is 10.1 Å². The van der Waals surface area contributed by atoms with Crippen molar-refractivity contribution in [1.82, 2.24) is 29.6 Å². The fourth-order valence-electron chi connectivity index (χ4n) is 3.74. The van der Waals surface area contributed by atoms with E-state index in [-0.39, 0.29) is 43.4 Å². The van der Waals surface area contributed by atoms with Crippen molar-refractivity contribution in [2.24, 2.45) is 7.05 Å². The number of amides is 1. The van der Waals surface area contributed by atoms with E-state index in [0.717, 1.165) is 0 Å². The minimum atomic E-state index is -1.46. The van der Waals surface area contributed by atoms with Crippen LogP contribution in [-0.2, 0) is 18.4 Å². The largest absolute Gasteiger partial charge is 0.486 e. The van der Waals surface area contributed by atoms with E-state index in [1.54, 1.807) is 19.2 Å². The quantitative estimate of drug-likeness (QED) is 0.437. The Kier molecular flexibility index (Phi) is 7.14. The molecule has 1 amide bonds. The molecule has 3 heterocycles. The van der Waals surface area contributed by atoms with Crippen LogP contribution in [0, 0.1) is 11.3 Å². The number of likely N-dealkylation sites (tertiary alicyclic amines) is 1. The number of ether oxygens (including phenoxy) is 1. The van der Waals surface area contributed by atoms with Crippen molar-refractivity contribution in [1.29, 1.82) is 5.26 Å². The number of rotatable bonds is 7. The van der Waals surface area contributed by atoms with Crippen molar-refractivity contribution < 1.29 is 24.1 Å². The number of piperidine rings is 1. The standard InChI is InChI=1S/C22H23FN8O4/c1-30-17(10-32)16(8-27-30)28-22-26-12-25-21(29-22)13-2-3-18(14(6-13)7-24)35-19-4-5-31(9-15(19)23)20(34)11-33/h2-3,6,8,12,15,19,32-33H,4-5,9-11H2,1H3,(H,25,26,28,29). The lowest BCUT2D eigenvalue weighted by atomic mass is 10.0. The second kappa shape index (κ2) is 10.4. The number of hydrogen-bond acceptors (Lipinski definition) is 10. The first-order chi connectivity index (χ1) is 16.9. The number of benzene rings is 1. The van der Waals surface area contributed by atoms with Gasteiger partial charge < -0.3 is 25.2 Å². The monoisotopic (exact) mass is 482 g/mol. The van der Waals surface area contributed by atoms with Gasteiger partial charge in [-0.15, -0.1) is 0 Å². The van der Waals surface area contributed by atoms with Crippen LogP contribution in [0.15, 0.2) is 30.7 Å². The molecule has 2 atom stereocenters. The van der Waals surface area contributed by atoms with Crippen LogP contribution in [0.1, 0.15) is 17.7 Å². The van der Waals surface area contributed by atoms with Crippen molar-refractivity contribution in [3.05, 3.63) is 42.0 Å². The summed E-state index contributed by atoms with van der Waals surface area (Å²) in [5.74, 6) is 0.192. The maximum Gasteiger partial charge on any atom is 0.248 e. The second-order valence-electron chi connectivity index (χ2n) is 7.83. The molecule has 1 fully saturated rings. The molecule has 35 heavy (non-hydrogen) atoms. The van der Waals surface area contributed by atoms with Gasteiger partial charge in [-0.1, -0.05) is 0 Å². The van der Waals surface area contributed by atoms with Crippen LogP contribution in [0.25, 0.3) is 11.4 Å². The van der Waals surface area contributed by atoms with Gasteiger partial charge in [-0.05, 0) is 18.2 Å². The molecule has 1 aromatic carbocycles. The number of halogens is 1. The highest BCUT2D eigenvalue weighted by Crippen LogP contribution is 2.28. The van der Waals surface area contributed by atoms with Gasteiger partial charge in [0.1, 0.15) is 30.9 Å². The van der Waals surface area contributed by atoms with Gasteiger partial charge in [0.2, 0.25) is 11.9 Å². The summed E-state index contributed by atoms with van der Waals surface area (Å²) in [6.45, 7) is -0.822. The summed E-state index contributed by atoms with van der Waals surface area (Å²) < 4.78 is 21.9. The summed E-state index contributed by atoms with van der Waals surface area (Å²) in [4.78, 5) is 25.5. The van der Waals surface area contributed by atoms with Crippen LogP contribution in [-0.4, -0.2) is 77.7 Å². The van der Waals surface area contributed by atoms with Crippen LogP contribution in [0.2, 0.25) is 0 Å². The molecule has 182 valence electrons. The molecule has 0 radical (unpaired) electrons. The maximum absolute atomic E-state index is 14.6. The number of aliphatic hydroxyl groups excluding tert-OH is 2. The fraction of sp³-hybridized carbons (Fsp3) is 0.364. The molecule has 12 nitrogen and oxygen atoms in total. The zero-order valence-corrected chi connectivity index (χ0v) is 18.8. The predicted molar refractivity (Wildman–Crippen MR) is 120 cm³/mol. The Morgan fingerprint density at radius 2 is 2.20 bits per heavy atom. The molecule has 3 N–H and O–H groups in total. The molecule has 0 spiro atoms. The van der Waals surface area contributed by atoms with E-state index >= 15 is 0 Å². The van der Waals surface area contributed by atoms with E-state index in [1.165, 1.54) is 28.2 Å². The number of aromatic nitrogens is 5. The Morgan fingerprint density at radius 3 is 2.91 bits per heavy atom. The minimum absolute atomic E-state index is 0.174. The van der Waals surface area contributed by atoms with E-state index in [1.807, 2.05) is 6.07 Å². The zero-order chi connectivity index (χ0) is 24.9. The number of hydrogen-bond donors (Lipinski definition) is 3. The number of anilines is 2. The Morgan fingerprint density at radius 1 is 1.37 bits per heavy atom. The summed E-state index contributed by atoms with van der Waals surface area (Å²) in [5.41, 5.74) is 1.79. The van der Waals surface area contributed by atoms with Crippen molar-refractivity contribution in [2.75, 3.05) is 25.0 Å². The third-order valence-electron chi connectivity index (χ3n) is 5.64. The third-order valence-corrected chi connectivity index (χ3v) is 5.64. The second-order valence-corrected chi connectivity index (χ2v) is 7.83. The highest BCUT2D eigenvalue weighted by Gasteiger charge is 2.33. The van der Waals surface area contributed by atoms with Crippen LogP contribution in [0.4, 0.5) is 16.0 Å². The van der Waals surface area contributed by atoms with E-state index in [0.29, 0.717) is 22.8 Å². The van der Waals surface area contributed by atoms with E-state index in [4.69, 9.17) is 9.84 Å².